The minimum absolute atomic E-state index is 0.190. The minimum Gasteiger partial charge on any atom is -0.484 e. The van der Waals surface area contributed by atoms with Gasteiger partial charge >= 0.3 is 0 Å². The molecule has 1 amide bonds. The van der Waals surface area contributed by atoms with Gasteiger partial charge in [-0.1, -0.05) is 59.6 Å². The number of anilines is 2. The van der Waals surface area contributed by atoms with Gasteiger partial charge in [0.2, 0.25) is 0 Å². The zero-order chi connectivity index (χ0) is 27.3. The van der Waals surface area contributed by atoms with Gasteiger partial charge in [-0.25, -0.2) is 8.42 Å². The van der Waals surface area contributed by atoms with Crippen LogP contribution in [0.5, 0.6) is 5.75 Å². The fourth-order valence-corrected chi connectivity index (χ4v) is 5.02. The Morgan fingerprint density at radius 3 is 2.21 bits per heavy atom. The number of hydrogen-bond donors (Lipinski definition) is 1. The highest BCUT2D eigenvalue weighted by molar-refractivity contribution is 7.92. The van der Waals surface area contributed by atoms with E-state index < -0.39 is 15.9 Å². The number of carbonyl (C=O) groups is 2. The van der Waals surface area contributed by atoms with Crippen molar-refractivity contribution in [1.82, 2.24) is 0 Å². The van der Waals surface area contributed by atoms with Crippen LogP contribution in [0.25, 0.3) is 0 Å². The van der Waals surface area contributed by atoms with Crippen LogP contribution >= 0.6 is 11.6 Å². The van der Waals surface area contributed by atoms with Crippen LogP contribution in [0, 0.1) is 6.92 Å². The van der Waals surface area contributed by atoms with E-state index in [1.54, 1.807) is 84.9 Å². The van der Waals surface area contributed by atoms with Crippen molar-refractivity contribution < 1.29 is 22.7 Å². The molecule has 0 saturated carbocycles. The Morgan fingerprint density at radius 1 is 0.895 bits per heavy atom. The molecule has 7 nitrogen and oxygen atoms in total. The van der Waals surface area contributed by atoms with Gasteiger partial charge in [-0.2, -0.15) is 0 Å². The molecule has 0 atom stereocenters. The molecule has 0 unspecified atom stereocenters. The summed E-state index contributed by atoms with van der Waals surface area (Å²) >= 11 is 6.10. The normalized spacial score (nSPS) is 11.0. The first kappa shape index (κ1) is 26.9. The molecular formula is C29H25ClN2O5S. The largest absolute Gasteiger partial charge is 0.484 e. The van der Waals surface area contributed by atoms with Crippen molar-refractivity contribution in [3.8, 4) is 5.75 Å². The molecule has 9 heteroatoms. The third kappa shape index (κ3) is 6.22. The molecule has 0 bridgehead atoms. The van der Waals surface area contributed by atoms with Gasteiger partial charge in [-0.05, 0) is 61.5 Å². The number of carbonyl (C=O) groups excluding carboxylic acids is 2. The summed E-state index contributed by atoms with van der Waals surface area (Å²) in [6, 6.07) is 26.3. The van der Waals surface area contributed by atoms with Crippen molar-refractivity contribution in [1.29, 1.82) is 0 Å². The van der Waals surface area contributed by atoms with Crippen molar-refractivity contribution in [2.24, 2.45) is 0 Å². The lowest BCUT2D eigenvalue weighted by molar-refractivity contribution is -0.118. The van der Waals surface area contributed by atoms with Gasteiger partial charge < -0.3 is 10.1 Å². The number of benzene rings is 4. The Balaban J connectivity index is 1.40. The number of hydrogen-bond acceptors (Lipinski definition) is 5. The molecule has 4 rings (SSSR count). The highest BCUT2D eigenvalue weighted by Gasteiger charge is 2.21. The smallest absolute Gasteiger partial charge is 0.264 e. The second-order valence-electron chi connectivity index (χ2n) is 8.50. The summed E-state index contributed by atoms with van der Waals surface area (Å²) in [4.78, 5) is 25.7. The predicted molar refractivity (Wildman–Crippen MR) is 149 cm³/mol. The summed E-state index contributed by atoms with van der Waals surface area (Å²) in [5, 5.41) is 3.07. The van der Waals surface area contributed by atoms with Gasteiger partial charge in [0.1, 0.15) is 5.75 Å². The summed E-state index contributed by atoms with van der Waals surface area (Å²) in [6.45, 7) is 1.57. The first-order valence-corrected chi connectivity index (χ1v) is 13.4. The van der Waals surface area contributed by atoms with Crippen LogP contribution < -0.4 is 14.4 Å². The number of rotatable bonds is 9. The quantitative estimate of drug-likeness (QED) is 0.270. The standard InChI is InChI=1S/C29H25ClN2O5S/c1-20-8-15-25(16-9-20)38(35,36)32(2)23-11-13-24(14-12-23)37-19-28(33)31-27-17-10-22(30)18-26(27)29(34)21-6-4-3-5-7-21/h3-18H,19H2,1-2H3,(H,31,33). The van der Waals surface area contributed by atoms with Crippen LogP contribution in [0.3, 0.4) is 0 Å². The molecule has 4 aromatic carbocycles. The highest BCUT2D eigenvalue weighted by atomic mass is 35.5. The van der Waals surface area contributed by atoms with Crippen molar-refractivity contribution in [3.05, 3.63) is 119 Å². The Morgan fingerprint density at radius 2 is 1.55 bits per heavy atom. The lowest BCUT2D eigenvalue weighted by atomic mass is 10.0. The molecule has 0 spiro atoms. The van der Waals surface area contributed by atoms with Crippen LogP contribution in [0.15, 0.2) is 102 Å². The van der Waals surface area contributed by atoms with E-state index in [-0.39, 0.29) is 22.8 Å². The topological polar surface area (TPSA) is 92.8 Å². The molecule has 0 fully saturated rings. The van der Waals surface area contributed by atoms with Gasteiger partial charge in [-0.15, -0.1) is 0 Å². The maximum Gasteiger partial charge on any atom is 0.264 e. The summed E-state index contributed by atoms with van der Waals surface area (Å²) < 4.78 is 32.6. The van der Waals surface area contributed by atoms with E-state index in [4.69, 9.17) is 16.3 Å². The molecule has 1 N–H and O–H groups in total. The SMILES string of the molecule is Cc1ccc(S(=O)(=O)N(C)c2ccc(OCC(=O)Nc3ccc(Cl)cc3C(=O)c3ccccc3)cc2)cc1. The Hall–Kier alpha value is -4.14. The third-order valence-corrected chi connectivity index (χ3v) is 7.82. The van der Waals surface area contributed by atoms with E-state index in [1.807, 2.05) is 13.0 Å². The molecule has 4 aromatic rings. The predicted octanol–water partition coefficient (Wildman–Crippen LogP) is 5.72. The summed E-state index contributed by atoms with van der Waals surface area (Å²) in [7, 11) is -2.25. The van der Waals surface area contributed by atoms with Crippen LogP contribution in [-0.4, -0.2) is 33.8 Å². The molecule has 38 heavy (non-hydrogen) atoms. The van der Waals surface area contributed by atoms with Crippen molar-refractivity contribution in [3.63, 3.8) is 0 Å². The molecule has 194 valence electrons. The highest BCUT2D eigenvalue weighted by Crippen LogP contribution is 2.26. The van der Waals surface area contributed by atoms with Gasteiger partial charge in [0.25, 0.3) is 15.9 Å². The lowest BCUT2D eigenvalue weighted by Crippen LogP contribution is -2.26. The van der Waals surface area contributed by atoms with Gasteiger partial charge in [0, 0.05) is 23.2 Å². The van der Waals surface area contributed by atoms with E-state index in [2.05, 4.69) is 5.32 Å². The Kier molecular flexibility index (Phi) is 8.14. The minimum atomic E-state index is -3.72. The molecular weight excluding hydrogens is 524 g/mol. The fourth-order valence-electron chi connectivity index (χ4n) is 3.65. The van der Waals surface area contributed by atoms with Crippen LogP contribution in [-0.2, 0) is 14.8 Å². The zero-order valence-electron chi connectivity index (χ0n) is 20.7. The van der Waals surface area contributed by atoms with Gasteiger partial charge in [0.05, 0.1) is 16.3 Å². The lowest BCUT2D eigenvalue weighted by Gasteiger charge is -2.20. The maximum absolute atomic E-state index is 13.0. The third-order valence-electron chi connectivity index (χ3n) is 5.79. The molecule has 0 aromatic heterocycles. The van der Waals surface area contributed by atoms with E-state index >= 15 is 0 Å². The van der Waals surface area contributed by atoms with Gasteiger partial charge in [-0.3, -0.25) is 13.9 Å². The fraction of sp³-hybridized carbons (Fsp3) is 0.103. The summed E-state index contributed by atoms with van der Waals surface area (Å²) in [5.41, 5.74) is 2.45. The monoisotopic (exact) mass is 548 g/mol. The zero-order valence-corrected chi connectivity index (χ0v) is 22.3. The van der Waals surface area contributed by atoms with Crippen LogP contribution in [0.1, 0.15) is 21.5 Å². The van der Waals surface area contributed by atoms with E-state index in [1.165, 1.54) is 17.4 Å². The number of sulfonamides is 1. The molecule has 0 aliphatic rings. The number of ether oxygens (including phenoxy) is 1. The second-order valence-corrected chi connectivity index (χ2v) is 10.9. The molecule has 0 aliphatic heterocycles. The molecule has 0 heterocycles. The molecule has 0 aliphatic carbocycles. The van der Waals surface area contributed by atoms with Crippen molar-refractivity contribution in [2.45, 2.75) is 11.8 Å². The average Bonchev–Trinajstić information content (AvgIpc) is 2.93. The summed E-state index contributed by atoms with van der Waals surface area (Å²) in [5.74, 6) is -0.371. The number of ketones is 1. The number of nitrogens with zero attached hydrogens (tertiary/aromatic N) is 1. The second kappa shape index (κ2) is 11.5. The molecule has 0 saturated heterocycles. The Bertz CT molecular complexity index is 1560. The number of halogens is 1. The first-order valence-electron chi connectivity index (χ1n) is 11.6. The average molecular weight is 549 g/mol. The Labute approximate surface area is 226 Å². The number of amides is 1. The van der Waals surface area contributed by atoms with Crippen LogP contribution in [0.2, 0.25) is 5.02 Å². The van der Waals surface area contributed by atoms with E-state index in [0.29, 0.717) is 27.7 Å². The number of aryl methyl sites for hydroxylation is 1. The first-order chi connectivity index (χ1) is 18.1. The molecule has 0 radical (unpaired) electrons. The van der Waals surface area contributed by atoms with Gasteiger partial charge in [0.15, 0.2) is 12.4 Å². The summed E-state index contributed by atoms with van der Waals surface area (Å²) in [6.07, 6.45) is 0. The van der Waals surface area contributed by atoms with E-state index in [0.717, 1.165) is 5.56 Å². The maximum atomic E-state index is 13.0. The van der Waals surface area contributed by atoms with Crippen LogP contribution in [0.4, 0.5) is 11.4 Å². The van der Waals surface area contributed by atoms with E-state index in [9.17, 15) is 18.0 Å². The number of nitrogens with one attached hydrogen (secondary N) is 1. The van der Waals surface area contributed by atoms with Crippen molar-refractivity contribution >= 4 is 44.7 Å². The van der Waals surface area contributed by atoms with Crippen molar-refractivity contribution in [2.75, 3.05) is 23.3 Å².